The molecule has 1 aromatic rings. The minimum Gasteiger partial charge on any atom is -0.354 e. The molecule has 2 aliphatic rings. The van der Waals surface area contributed by atoms with Crippen molar-refractivity contribution in [2.24, 2.45) is 5.41 Å². The Balaban J connectivity index is 1.83. The van der Waals surface area contributed by atoms with Gasteiger partial charge >= 0.3 is 0 Å². The van der Waals surface area contributed by atoms with E-state index in [1.54, 1.807) is 0 Å². The van der Waals surface area contributed by atoms with Crippen LogP contribution in [-0.4, -0.2) is 46.5 Å². The topological polar surface area (TPSA) is 49.3 Å². The number of rotatable bonds is 2. The van der Waals surface area contributed by atoms with Crippen LogP contribution >= 0.6 is 0 Å². The van der Waals surface area contributed by atoms with Crippen molar-refractivity contribution >= 4 is 11.7 Å². The van der Waals surface area contributed by atoms with E-state index in [0.29, 0.717) is 12.3 Å². The molecular weight excluding hydrogens is 288 g/mol. The number of aryl methyl sites for hydroxylation is 2. The summed E-state index contributed by atoms with van der Waals surface area (Å²) in [6.07, 6.45) is 5.89. The molecule has 0 aromatic carbocycles. The first-order valence-electron chi connectivity index (χ1n) is 8.75. The van der Waals surface area contributed by atoms with Gasteiger partial charge in [0, 0.05) is 43.7 Å². The number of likely N-dealkylation sites (tertiary alicyclic amines) is 1. The summed E-state index contributed by atoms with van der Waals surface area (Å²) in [4.78, 5) is 25.9. The van der Waals surface area contributed by atoms with E-state index in [-0.39, 0.29) is 11.5 Å². The number of aromatic nitrogens is 2. The van der Waals surface area contributed by atoms with Crippen molar-refractivity contribution in [2.45, 2.75) is 59.4 Å². The molecule has 23 heavy (non-hydrogen) atoms. The number of anilines is 1. The van der Waals surface area contributed by atoms with Crippen LogP contribution in [0.2, 0.25) is 0 Å². The van der Waals surface area contributed by atoms with Crippen molar-refractivity contribution in [1.29, 1.82) is 0 Å². The zero-order valence-electron chi connectivity index (χ0n) is 14.8. The smallest absolute Gasteiger partial charge is 0.222 e. The molecule has 0 bridgehead atoms. The molecule has 1 amide bonds. The van der Waals surface area contributed by atoms with Crippen LogP contribution < -0.4 is 4.90 Å². The molecular formula is C18H28N4O. The summed E-state index contributed by atoms with van der Waals surface area (Å²) in [5.41, 5.74) is 2.18. The third kappa shape index (κ3) is 3.19. The Morgan fingerprint density at radius 2 is 2.00 bits per heavy atom. The Morgan fingerprint density at radius 3 is 2.74 bits per heavy atom. The molecule has 1 spiro atoms. The first-order valence-corrected chi connectivity index (χ1v) is 8.75. The van der Waals surface area contributed by atoms with Gasteiger partial charge in [0.25, 0.3) is 0 Å². The molecule has 2 fully saturated rings. The van der Waals surface area contributed by atoms with Gasteiger partial charge in [0.2, 0.25) is 5.91 Å². The van der Waals surface area contributed by atoms with Crippen LogP contribution in [0.25, 0.3) is 0 Å². The Morgan fingerprint density at radius 1 is 1.22 bits per heavy atom. The van der Waals surface area contributed by atoms with Gasteiger partial charge in [-0.1, -0.05) is 0 Å². The molecule has 5 heteroatoms. The molecule has 1 unspecified atom stereocenters. The monoisotopic (exact) mass is 316 g/mol. The predicted molar refractivity (Wildman–Crippen MR) is 91.5 cm³/mol. The highest BCUT2D eigenvalue weighted by Gasteiger charge is 2.42. The molecule has 3 heterocycles. The normalized spacial score (nSPS) is 25.5. The molecule has 1 atom stereocenters. The van der Waals surface area contributed by atoms with Crippen LogP contribution in [0.4, 0.5) is 5.82 Å². The van der Waals surface area contributed by atoms with Crippen molar-refractivity contribution < 1.29 is 4.79 Å². The third-order valence-corrected chi connectivity index (χ3v) is 5.33. The number of carbonyl (C=O) groups is 1. The maximum Gasteiger partial charge on any atom is 0.222 e. The van der Waals surface area contributed by atoms with Gasteiger partial charge in [-0.05, 0) is 47.0 Å². The Bertz CT molecular complexity index is 601. The molecule has 1 aromatic heterocycles. The highest BCUT2D eigenvalue weighted by Crippen LogP contribution is 2.40. The van der Waals surface area contributed by atoms with E-state index < -0.39 is 0 Å². The minimum atomic E-state index is 0.217. The van der Waals surface area contributed by atoms with Gasteiger partial charge in [-0.2, -0.15) is 0 Å². The zero-order chi connectivity index (χ0) is 16.6. The van der Waals surface area contributed by atoms with Crippen LogP contribution in [0.5, 0.6) is 0 Å². The van der Waals surface area contributed by atoms with Gasteiger partial charge in [0.1, 0.15) is 5.82 Å². The number of nitrogens with zero attached hydrogens (tertiary/aromatic N) is 4. The highest BCUT2D eigenvalue weighted by atomic mass is 16.2. The number of amides is 1. The first kappa shape index (κ1) is 16.2. The van der Waals surface area contributed by atoms with Crippen molar-refractivity contribution in [1.82, 2.24) is 14.9 Å². The van der Waals surface area contributed by atoms with Crippen molar-refractivity contribution in [3.63, 3.8) is 0 Å². The zero-order valence-corrected chi connectivity index (χ0v) is 14.8. The lowest BCUT2D eigenvalue weighted by molar-refractivity contribution is -0.140. The lowest BCUT2D eigenvalue weighted by atomic mass is 9.73. The summed E-state index contributed by atoms with van der Waals surface area (Å²) in [5, 5.41) is 0. The van der Waals surface area contributed by atoms with Crippen molar-refractivity contribution in [3.05, 3.63) is 17.6 Å². The highest BCUT2D eigenvalue weighted by molar-refractivity contribution is 5.77. The molecule has 126 valence electrons. The van der Waals surface area contributed by atoms with Crippen molar-refractivity contribution in [2.75, 3.05) is 24.5 Å². The second-order valence-corrected chi connectivity index (χ2v) is 7.56. The second-order valence-electron chi connectivity index (χ2n) is 7.56. The minimum absolute atomic E-state index is 0.217. The first-order chi connectivity index (χ1) is 10.9. The van der Waals surface area contributed by atoms with Gasteiger partial charge in [-0.25, -0.2) is 4.98 Å². The van der Waals surface area contributed by atoms with Gasteiger partial charge in [-0.3, -0.25) is 9.78 Å². The summed E-state index contributed by atoms with van der Waals surface area (Å²) >= 11 is 0. The van der Waals surface area contributed by atoms with E-state index in [1.165, 1.54) is 6.42 Å². The number of hydrogen-bond donors (Lipinski definition) is 0. The van der Waals surface area contributed by atoms with E-state index in [4.69, 9.17) is 4.98 Å². The number of carbonyl (C=O) groups excluding carboxylic acids is 1. The van der Waals surface area contributed by atoms with Crippen LogP contribution in [0.1, 0.15) is 50.9 Å². The standard InChI is InChI=1S/C18H28N4O/c1-13(2)22-12-18(8-6-16(22)23)7-5-9-21(11-18)17-15(4)19-10-14(3)20-17/h10,13H,5-9,11-12H2,1-4H3. The SMILES string of the molecule is Cc1cnc(C)c(N2CCCC3(CCC(=O)N(C(C)C)C3)C2)n1. The molecule has 0 aliphatic carbocycles. The molecule has 0 radical (unpaired) electrons. The van der Waals surface area contributed by atoms with E-state index in [0.717, 1.165) is 49.7 Å². The Labute approximate surface area is 139 Å². The Kier molecular flexibility index (Phi) is 4.30. The van der Waals surface area contributed by atoms with Crippen LogP contribution in [0.3, 0.4) is 0 Å². The van der Waals surface area contributed by atoms with Crippen LogP contribution in [-0.2, 0) is 4.79 Å². The lowest BCUT2D eigenvalue weighted by Gasteiger charge is -2.49. The molecule has 0 saturated carbocycles. The molecule has 5 nitrogen and oxygen atoms in total. The van der Waals surface area contributed by atoms with Gasteiger partial charge in [-0.15, -0.1) is 0 Å². The molecule has 0 N–H and O–H groups in total. The van der Waals surface area contributed by atoms with E-state index in [2.05, 4.69) is 28.6 Å². The fourth-order valence-corrected chi connectivity index (χ4v) is 4.06. The summed E-state index contributed by atoms with van der Waals surface area (Å²) in [6, 6.07) is 0.288. The van der Waals surface area contributed by atoms with Gasteiger partial charge < -0.3 is 9.80 Å². The number of piperidine rings is 2. The molecule has 2 aliphatic heterocycles. The number of hydrogen-bond acceptors (Lipinski definition) is 4. The second kappa shape index (κ2) is 6.10. The maximum atomic E-state index is 12.2. The fourth-order valence-electron chi connectivity index (χ4n) is 4.06. The summed E-state index contributed by atoms with van der Waals surface area (Å²) < 4.78 is 0. The molecule has 2 saturated heterocycles. The van der Waals surface area contributed by atoms with E-state index in [9.17, 15) is 4.79 Å². The average molecular weight is 316 g/mol. The van der Waals surface area contributed by atoms with Gasteiger partial charge in [0.15, 0.2) is 0 Å². The largest absolute Gasteiger partial charge is 0.354 e. The Hall–Kier alpha value is -1.65. The summed E-state index contributed by atoms with van der Waals surface area (Å²) in [7, 11) is 0. The van der Waals surface area contributed by atoms with Crippen LogP contribution in [0.15, 0.2) is 6.20 Å². The quantitative estimate of drug-likeness (QED) is 0.842. The summed E-state index contributed by atoms with van der Waals surface area (Å²) in [5.74, 6) is 1.34. The third-order valence-electron chi connectivity index (χ3n) is 5.33. The predicted octanol–water partition coefficient (Wildman–Crippen LogP) is 2.71. The summed E-state index contributed by atoms with van der Waals surface area (Å²) in [6.45, 7) is 11.2. The van der Waals surface area contributed by atoms with E-state index >= 15 is 0 Å². The molecule has 3 rings (SSSR count). The van der Waals surface area contributed by atoms with Crippen molar-refractivity contribution in [3.8, 4) is 0 Å². The van der Waals surface area contributed by atoms with E-state index in [1.807, 2.05) is 20.0 Å². The average Bonchev–Trinajstić information content (AvgIpc) is 2.52. The lowest BCUT2D eigenvalue weighted by Crippen LogP contribution is -2.55. The maximum absolute atomic E-state index is 12.2. The van der Waals surface area contributed by atoms with Crippen LogP contribution in [0, 0.1) is 19.3 Å². The fraction of sp³-hybridized carbons (Fsp3) is 0.722. The van der Waals surface area contributed by atoms with Gasteiger partial charge in [0.05, 0.1) is 11.4 Å².